The van der Waals surface area contributed by atoms with Crippen LogP contribution in [0.4, 0.5) is 9.18 Å². The van der Waals surface area contributed by atoms with Gasteiger partial charge in [0.15, 0.2) is 5.60 Å². The van der Waals surface area contributed by atoms with Crippen LogP contribution in [0.5, 0.6) is 0 Å². The van der Waals surface area contributed by atoms with E-state index in [9.17, 15) is 73.5 Å². The molecule has 0 spiro atoms. The molecule has 0 bridgehead atoms. The minimum absolute atomic E-state index is 0.00409. The van der Waals surface area contributed by atoms with Crippen LogP contribution in [0.1, 0.15) is 102 Å². The largest absolute Gasteiger partial charge is 0.458 e. The molecule has 2 aliphatic carbocycles. The summed E-state index contributed by atoms with van der Waals surface area (Å²) in [5.74, 6) is -7.30. The van der Waals surface area contributed by atoms with Crippen LogP contribution in [-0.2, 0) is 88.9 Å². The van der Waals surface area contributed by atoms with Crippen molar-refractivity contribution in [2.24, 2.45) is 0 Å². The Balaban J connectivity index is 0.659. The lowest BCUT2D eigenvalue weighted by atomic mass is 9.81. The third-order valence-corrected chi connectivity index (χ3v) is 19.6. The number of carbonyl (C=O) groups is 9. The van der Waals surface area contributed by atoms with Crippen LogP contribution < -0.4 is 48.1 Å². The van der Waals surface area contributed by atoms with Crippen molar-refractivity contribution in [1.82, 2.24) is 52.1 Å². The van der Waals surface area contributed by atoms with Crippen molar-refractivity contribution in [3.8, 4) is 22.5 Å². The summed E-state index contributed by atoms with van der Waals surface area (Å²) in [6.07, 6.45) is -8.68. The fourth-order valence-electron chi connectivity index (χ4n) is 13.6. The van der Waals surface area contributed by atoms with E-state index < -0.39 is 165 Å². The Hall–Kier alpha value is -9.79. The number of hydrogen-bond acceptors (Lipinski definition) is 20. The first-order valence-electron chi connectivity index (χ1n) is 33.3. The quantitative estimate of drug-likeness (QED) is 0.0191. The van der Waals surface area contributed by atoms with E-state index >= 15 is 4.39 Å². The van der Waals surface area contributed by atoms with Crippen LogP contribution in [0.3, 0.4) is 0 Å². The molecule has 2 aromatic heterocycles. The van der Waals surface area contributed by atoms with Gasteiger partial charge in [0.25, 0.3) is 11.5 Å². The summed E-state index contributed by atoms with van der Waals surface area (Å²) in [4.78, 5) is 140. The van der Waals surface area contributed by atoms with Gasteiger partial charge in [0.05, 0.1) is 67.9 Å². The van der Waals surface area contributed by atoms with E-state index in [4.69, 9.17) is 35.5 Å². The summed E-state index contributed by atoms with van der Waals surface area (Å²) in [5.41, 5.74) is 3.30. The Kier molecular flexibility index (Phi) is 22.5. The van der Waals surface area contributed by atoms with Gasteiger partial charge in [0.1, 0.15) is 62.5 Å². The molecule has 540 valence electrons. The van der Waals surface area contributed by atoms with Gasteiger partial charge >= 0.3 is 12.1 Å². The van der Waals surface area contributed by atoms with Crippen LogP contribution in [0.2, 0.25) is 5.02 Å². The number of nitrogens with zero attached hydrogens (tertiary/aromatic N) is 2. The van der Waals surface area contributed by atoms with Crippen LogP contribution in [0.15, 0.2) is 95.8 Å². The molecule has 1 saturated heterocycles. The molecule has 8 amide bonds. The van der Waals surface area contributed by atoms with Crippen LogP contribution in [0, 0.1) is 6.92 Å². The fourth-order valence-corrected chi connectivity index (χ4v) is 13.8. The Morgan fingerprint density at radius 1 is 0.784 bits per heavy atom. The number of esters is 1. The van der Waals surface area contributed by atoms with Gasteiger partial charge in [-0.05, 0) is 96.2 Å². The lowest BCUT2D eigenvalue weighted by Gasteiger charge is -2.40. The van der Waals surface area contributed by atoms with Gasteiger partial charge in [-0.15, -0.1) is 0 Å². The Morgan fingerprint density at radius 2 is 1.43 bits per heavy atom. The highest BCUT2D eigenvalue weighted by Gasteiger charge is 2.47. The minimum Gasteiger partial charge on any atom is -0.458 e. The summed E-state index contributed by atoms with van der Waals surface area (Å²) < 4.78 is 39.7. The molecule has 6 aromatic rings. The first-order valence-corrected chi connectivity index (χ1v) is 33.7. The number of halogens is 2. The Labute approximate surface area is 587 Å². The number of nitrogens with one attached hydrogen (secondary N) is 8. The normalized spacial score (nSPS) is 21.0. The zero-order chi connectivity index (χ0) is 72.9. The number of aliphatic hydroxyl groups is 5. The number of aromatic nitrogens is 2. The van der Waals surface area contributed by atoms with E-state index in [-0.39, 0.29) is 62.6 Å². The first-order chi connectivity index (χ1) is 48.8. The highest BCUT2D eigenvalue weighted by atomic mass is 35.5. The van der Waals surface area contributed by atoms with Gasteiger partial charge in [-0.3, -0.25) is 38.4 Å². The van der Waals surface area contributed by atoms with Gasteiger partial charge in [-0.25, -0.2) is 19.0 Å². The van der Waals surface area contributed by atoms with E-state index in [1.54, 1.807) is 49.4 Å². The van der Waals surface area contributed by atoms with Crippen molar-refractivity contribution in [3.63, 3.8) is 0 Å². The number of fused-ring (bicyclic) bond motifs is 8. The smallest absolute Gasteiger partial charge is 0.407 e. The number of alkyl carbamates (subject to hydrolysis) is 1. The molecule has 5 aliphatic rings. The predicted molar refractivity (Wildman–Crippen MR) is 361 cm³/mol. The predicted octanol–water partition coefficient (Wildman–Crippen LogP) is 0.686. The average Bonchev–Trinajstić information content (AvgIpc) is 1.49. The van der Waals surface area contributed by atoms with E-state index in [0.717, 1.165) is 40.3 Å². The van der Waals surface area contributed by atoms with Crippen molar-refractivity contribution >= 4 is 75.9 Å². The van der Waals surface area contributed by atoms with Crippen molar-refractivity contribution in [2.75, 3.05) is 52.7 Å². The number of ether oxygens (including phenoxy) is 4. The molecule has 29 nitrogen and oxygen atoms in total. The molecule has 5 heterocycles. The molecular weight excluding hydrogens is 1350 g/mol. The maximum absolute atomic E-state index is 16.5. The average molecular weight is 1430 g/mol. The fraction of sp³-hybridized carbons (Fsp3) is 0.423. The van der Waals surface area contributed by atoms with E-state index in [1.807, 2.05) is 55.5 Å². The van der Waals surface area contributed by atoms with Gasteiger partial charge in [0, 0.05) is 46.8 Å². The Bertz CT molecular complexity index is 4300. The Morgan fingerprint density at radius 3 is 2.12 bits per heavy atom. The number of hydrogen-bond donors (Lipinski definition) is 13. The van der Waals surface area contributed by atoms with Crippen LogP contribution in [0.25, 0.3) is 33.4 Å². The number of cyclic esters (lactones) is 1. The summed E-state index contributed by atoms with van der Waals surface area (Å²) in [6.45, 7) is -0.641. The molecule has 13 N–H and O–H groups in total. The molecule has 10 atom stereocenters. The second kappa shape index (κ2) is 31.2. The summed E-state index contributed by atoms with van der Waals surface area (Å²) in [5, 5.41) is 72.9. The third kappa shape index (κ3) is 15.5. The topological polar surface area (TPSA) is 423 Å². The number of pyridine rings is 2. The molecule has 31 heteroatoms. The molecule has 4 aromatic carbocycles. The van der Waals surface area contributed by atoms with Crippen molar-refractivity contribution < 1.29 is 92.0 Å². The summed E-state index contributed by atoms with van der Waals surface area (Å²) in [6, 6.07) is 23.3. The van der Waals surface area contributed by atoms with Crippen molar-refractivity contribution in [2.45, 2.75) is 138 Å². The number of rotatable bonds is 27. The number of amides is 8. The lowest BCUT2D eigenvalue weighted by Crippen LogP contribution is -2.60. The van der Waals surface area contributed by atoms with Gasteiger partial charge in [-0.1, -0.05) is 97.4 Å². The molecule has 102 heavy (non-hydrogen) atoms. The summed E-state index contributed by atoms with van der Waals surface area (Å²) in [7, 11) is 0. The lowest BCUT2D eigenvalue weighted by molar-refractivity contribution is -0.227. The number of benzene rings is 4. The maximum Gasteiger partial charge on any atom is 0.407 e. The van der Waals surface area contributed by atoms with Crippen molar-refractivity contribution in [1.29, 1.82) is 0 Å². The number of aliphatic hydroxyl groups excluding tert-OH is 4. The van der Waals surface area contributed by atoms with E-state index in [0.29, 0.717) is 56.8 Å². The number of carbonyl (C=O) groups excluding carboxylic acids is 9. The highest BCUT2D eigenvalue weighted by molar-refractivity contribution is 6.32. The molecule has 11 rings (SSSR count). The standard InChI is InChI=1S/C71H78ClFN10O19/c1-4-71(98)45-23-51-60-42(29-83(51)66(94)44(45)32-100-68(71)96)59-47(19-18-37-35(2)46(72)24-49(80-60)58(37)59)81-67(95)70(3,73)33-99-34-78-56(87)27-77-65(93)50(22-36-12-6-5-7-13-36)79-57(88)28-75-55(86)26-76-64(92)48(20-21-54(85)74-25-52-61(89)63(91)62(90)53(30-84)102-52)82-69(97)101-31-43-40-16-10-8-14-38(40)39-15-9-11-17-41(39)43/h5-17,23-24,43,47-48,50,52-53,61-63,84,89-91,98H,4,18-22,25-34H2,1-3H3,(H,74,85)(H,75,86)(H,76,92)(H,77,93)(H,78,87)(H,79,88)(H,81,95)(H,82,97)/t47-,48-,50-,52-,53+,61-,62+,63+,70?,71-/m0/s1. The SMILES string of the molecule is CC[C@@]1(O)C(=O)OCc2c1cc1n(c2=O)Cc2c-1nc1cc(Cl)c(C)c3c1c2[C@@H](NC(=O)C(C)(F)COCNC(=O)CNC(=O)[C@H](Cc1ccccc1)NC(=O)CNC(=O)CNC(=O)[C@H](CCC(=O)NC[C@@H]1O[C@H](CO)[C@@H](O)[C@H](O)[C@H]1O)NC(=O)OCC1c2ccccc2-c2ccccc21)CC3. The summed E-state index contributed by atoms with van der Waals surface area (Å²) >= 11 is 6.73. The molecule has 1 unspecified atom stereocenters. The van der Waals surface area contributed by atoms with E-state index in [2.05, 4.69) is 42.5 Å². The van der Waals surface area contributed by atoms with Crippen LogP contribution in [-0.4, -0.2) is 189 Å². The molecule has 0 saturated carbocycles. The minimum atomic E-state index is -2.68. The number of aryl methyl sites for hydroxylation is 1. The van der Waals surface area contributed by atoms with Gasteiger partial charge < -0.3 is 91.6 Å². The first kappa shape index (κ1) is 73.4. The third-order valence-electron chi connectivity index (χ3n) is 19.2. The molecular formula is C71H78ClFN10O19. The van der Waals surface area contributed by atoms with Gasteiger partial charge in [-0.2, -0.15) is 0 Å². The van der Waals surface area contributed by atoms with Crippen molar-refractivity contribution in [3.05, 3.63) is 156 Å². The zero-order valence-electron chi connectivity index (χ0n) is 55.8. The molecule has 0 radical (unpaired) electrons. The highest BCUT2D eigenvalue weighted by Crippen LogP contribution is 2.48. The van der Waals surface area contributed by atoms with Crippen LogP contribution >= 0.6 is 11.6 Å². The number of alkyl halides is 1. The second-order valence-corrected chi connectivity index (χ2v) is 26.3. The molecule has 1 fully saturated rings. The van der Waals surface area contributed by atoms with Gasteiger partial charge in [0.2, 0.25) is 41.1 Å². The second-order valence-electron chi connectivity index (χ2n) is 25.9. The monoisotopic (exact) mass is 1430 g/mol. The zero-order valence-corrected chi connectivity index (χ0v) is 56.5. The molecule has 3 aliphatic heterocycles. The van der Waals surface area contributed by atoms with E-state index in [1.165, 1.54) is 4.57 Å². The maximum atomic E-state index is 16.5.